The third kappa shape index (κ3) is 4.84. The lowest BCUT2D eigenvalue weighted by molar-refractivity contribution is 0.0137. The van der Waals surface area contributed by atoms with Gasteiger partial charge < -0.3 is 14.8 Å². The highest BCUT2D eigenvalue weighted by Gasteiger charge is 2.23. The molecule has 0 aliphatic carbocycles. The molecule has 1 aliphatic heterocycles. The van der Waals surface area contributed by atoms with Gasteiger partial charge >= 0.3 is 0 Å². The predicted octanol–water partition coefficient (Wildman–Crippen LogP) is 3.32. The van der Waals surface area contributed by atoms with Crippen molar-refractivity contribution in [1.29, 1.82) is 0 Å². The van der Waals surface area contributed by atoms with Gasteiger partial charge in [-0.2, -0.15) is 0 Å². The molecule has 2 aromatic carbocycles. The van der Waals surface area contributed by atoms with E-state index in [0.29, 0.717) is 11.3 Å². The fourth-order valence-corrected chi connectivity index (χ4v) is 3.01. The van der Waals surface area contributed by atoms with Crippen molar-refractivity contribution in [2.75, 3.05) is 26.3 Å². The van der Waals surface area contributed by atoms with E-state index in [0.717, 1.165) is 32.1 Å². The quantitative estimate of drug-likeness (QED) is 0.865. The first-order valence-electron chi connectivity index (χ1n) is 9.09. The van der Waals surface area contributed by atoms with Gasteiger partial charge in [-0.3, -0.25) is 9.69 Å². The second kappa shape index (κ2) is 8.83. The molecule has 26 heavy (non-hydrogen) atoms. The fourth-order valence-electron chi connectivity index (χ4n) is 3.01. The monoisotopic (exact) mass is 354 g/mol. The summed E-state index contributed by atoms with van der Waals surface area (Å²) < 4.78 is 11.2. The molecule has 2 aromatic rings. The lowest BCUT2D eigenvalue weighted by Crippen LogP contribution is -2.52. The minimum Gasteiger partial charge on any atom is -0.457 e. The second-order valence-electron chi connectivity index (χ2n) is 6.59. The Hall–Kier alpha value is -2.37. The molecule has 1 saturated heterocycles. The molecule has 0 spiro atoms. The van der Waals surface area contributed by atoms with E-state index >= 15 is 0 Å². The van der Waals surface area contributed by atoms with Crippen molar-refractivity contribution < 1.29 is 14.3 Å². The number of nitrogens with one attached hydrogen (secondary N) is 1. The van der Waals surface area contributed by atoms with E-state index < -0.39 is 0 Å². The van der Waals surface area contributed by atoms with Crippen LogP contribution in [0.25, 0.3) is 0 Å². The molecule has 0 unspecified atom stereocenters. The van der Waals surface area contributed by atoms with Gasteiger partial charge in [0.1, 0.15) is 11.5 Å². The molecule has 138 valence electrons. The van der Waals surface area contributed by atoms with Gasteiger partial charge in [0.25, 0.3) is 5.91 Å². The van der Waals surface area contributed by atoms with Gasteiger partial charge in [0, 0.05) is 30.7 Å². The first-order chi connectivity index (χ1) is 12.6. The number of rotatable bonds is 6. The Bertz CT molecular complexity index is 697. The van der Waals surface area contributed by atoms with Gasteiger partial charge in [-0.05, 0) is 50.2 Å². The van der Waals surface area contributed by atoms with Crippen molar-refractivity contribution in [1.82, 2.24) is 10.2 Å². The topological polar surface area (TPSA) is 50.8 Å². The van der Waals surface area contributed by atoms with Gasteiger partial charge in [-0.25, -0.2) is 0 Å². The molecule has 2 atom stereocenters. The molecule has 0 radical (unpaired) electrons. The van der Waals surface area contributed by atoms with Crippen molar-refractivity contribution in [3.8, 4) is 11.5 Å². The lowest BCUT2D eigenvalue weighted by Gasteiger charge is -2.35. The third-order valence-corrected chi connectivity index (χ3v) is 4.80. The molecule has 1 fully saturated rings. The first kappa shape index (κ1) is 18.4. The zero-order valence-corrected chi connectivity index (χ0v) is 15.4. The number of hydrogen-bond donors (Lipinski definition) is 1. The Morgan fingerprint density at radius 3 is 2.27 bits per heavy atom. The molecule has 5 heteroatoms. The number of carbonyl (C=O) groups is 1. The summed E-state index contributed by atoms with van der Waals surface area (Å²) in [7, 11) is 0. The van der Waals surface area contributed by atoms with Crippen LogP contribution in [0.4, 0.5) is 0 Å². The summed E-state index contributed by atoms with van der Waals surface area (Å²) in [5.41, 5.74) is 0.631. The number of amides is 1. The number of hydrogen-bond acceptors (Lipinski definition) is 4. The minimum atomic E-state index is -0.0659. The van der Waals surface area contributed by atoms with Gasteiger partial charge in [-0.1, -0.05) is 18.2 Å². The Kier molecular flexibility index (Phi) is 6.26. The van der Waals surface area contributed by atoms with E-state index in [1.807, 2.05) is 49.4 Å². The van der Waals surface area contributed by atoms with Crippen LogP contribution in [0, 0.1) is 0 Å². The Balaban J connectivity index is 1.55. The van der Waals surface area contributed by atoms with E-state index in [2.05, 4.69) is 17.1 Å². The van der Waals surface area contributed by atoms with Gasteiger partial charge in [-0.15, -0.1) is 0 Å². The maximum Gasteiger partial charge on any atom is 0.251 e. The standard InChI is InChI=1S/C21H26N2O3/c1-16(17(2)23-12-14-25-15-13-23)22-21(24)18-8-10-20(11-9-18)26-19-6-4-3-5-7-19/h3-11,16-17H,12-15H2,1-2H3,(H,22,24)/t16-,17-/m0/s1. The number of carbonyl (C=O) groups excluding carboxylic acids is 1. The van der Waals surface area contributed by atoms with Crippen LogP contribution in [0.2, 0.25) is 0 Å². The summed E-state index contributed by atoms with van der Waals surface area (Å²) in [6.45, 7) is 7.53. The summed E-state index contributed by atoms with van der Waals surface area (Å²) in [5, 5.41) is 3.10. The molecule has 3 rings (SSSR count). The average molecular weight is 354 g/mol. The number of para-hydroxylation sites is 1. The number of benzene rings is 2. The van der Waals surface area contributed by atoms with Crippen LogP contribution >= 0.6 is 0 Å². The van der Waals surface area contributed by atoms with Crippen LogP contribution in [-0.2, 0) is 4.74 Å². The zero-order valence-electron chi connectivity index (χ0n) is 15.4. The van der Waals surface area contributed by atoms with Gasteiger partial charge in [0.2, 0.25) is 0 Å². The summed E-state index contributed by atoms with van der Waals surface area (Å²) in [6, 6.07) is 17.1. The third-order valence-electron chi connectivity index (χ3n) is 4.80. The summed E-state index contributed by atoms with van der Waals surface area (Å²) in [6.07, 6.45) is 0. The van der Waals surface area contributed by atoms with Crippen LogP contribution in [0.3, 0.4) is 0 Å². The van der Waals surface area contributed by atoms with E-state index in [1.165, 1.54) is 0 Å². The van der Waals surface area contributed by atoms with Crippen LogP contribution in [0.5, 0.6) is 11.5 Å². The zero-order chi connectivity index (χ0) is 18.4. The van der Waals surface area contributed by atoms with Crippen LogP contribution in [-0.4, -0.2) is 49.2 Å². The minimum absolute atomic E-state index is 0.0563. The van der Waals surface area contributed by atoms with Crippen LogP contribution in [0.15, 0.2) is 54.6 Å². The maximum absolute atomic E-state index is 12.5. The van der Waals surface area contributed by atoms with Gasteiger partial charge in [0.15, 0.2) is 0 Å². The molecule has 0 saturated carbocycles. The summed E-state index contributed by atoms with van der Waals surface area (Å²) in [4.78, 5) is 14.9. The molecular weight excluding hydrogens is 328 g/mol. The summed E-state index contributed by atoms with van der Waals surface area (Å²) >= 11 is 0. The van der Waals surface area contributed by atoms with Crippen LogP contribution < -0.4 is 10.1 Å². The Labute approximate surface area is 154 Å². The molecule has 1 aliphatic rings. The van der Waals surface area contributed by atoms with E-state index in [-0.39, 0.29) is 18.0 Å². The largest absolute Gasteiger partial charge is 0.457 e. The van der Waals surface area contributed by atoms with Crippen LogP contribution in [0.1, 0.15) is 24.2 Å². The SMILES string of the molecule is C[C@H](NC(=O)c1ccc(Oc2ccccc2)cc1)[C@H](C)N1CCOCC1. The highest BCUT2D eigenvalue weighted by atomic mass is 16.5. The molecule has 1 heterocycles. The lowest BCUT2D eigenvalue weighted by atomic mass is 10.1. The van der Waals surface area contributed by atoms with Crippen molar-refractivity contribution in [2.24, 2.45) is 0 Å². The number of ether oxygens (including phenoxy) is 2. The Morgan fingerprint density at radius 2 is 1.62 bits per heavy atom. The molecule has 5 nitrogen and oxygen atoms in total. The van der Waals surface area contributed by atoms with E-state index in [1.54, 1.807) is 12.1 Å². The average Bonchev–Trinajstić information content (AvgIpc) is 2.69. The number of morpholine rings is 1. The fraction of sp³-hybridized carbons (Fsp3) is 0.381. The first-order valence-corrected chi connectivity index (χ1v) is 9.09. The predicted molar refractivity (Wildman–Crippen MR) is 102 cm³/mol. The molecule has 0 bridgehead atoms. The molecule has 0 aromatic heterocycles. The maximum atomic E-state index is 12.5. The molecule has 1 amide bonds. The molecular formula is C21H26N2O3. The summed E-state index contributed by atoms with van der Waals surface area (Å²) in [5.74, 6) is 1.42. The van der Waals surface area contributed by atoms with E-state index in [4.69, 9.17) is 9.47 Å². The Morgan fingerprint density at radius 1 is 1.00 bits per heavy atom. The van der Waals surface area contributed by atoms with Crippen molar-refractivity contribution in [3.63, 3.8) is 0 Å². The van der Waals surface area contributed by atoms with Crippen molar-refractivity contribution in [2.45, 2.75) is 25.9 Å². The molecule has 1 N–H and O–H groups in total. The van der Waals surface area contributed by atoms with Gasteiger partial charge in [0.05, 0.1) is 13.2 Å². The second-order valence-corrected chi connectivity index (χ2v) is 6.59. The van der Waals surface area contributed by atoms with Crippen molar-refractivity contribution >= 4 is 5.91 Å². The normalized spacial score (nSPS) is 17.3. The van der Waals surface area contributed by atoms with Crippen molar-refractivity contribution in [3.05, 3.63) is 60.2 Å². The van der Waals surface area contributed by atoms with E-state index in [9.17, 15) is 4.79 Å². The highest BCUT2D eigenvalue weighted by molar-refractivity contribution is 5.94. The highest BCUT2D eigenvalue weighted by Crippen LogP contribution is 2.21. The smallest absolute Gasteiger partial charge is 0.251 e. The number of nitrogens with zero attached hydrogens (tertiary/aromatic N) is 1.